The number of benzene rings is 1. The Labute approximate surface area is 96.0 Å². The SMILES string of the molecule is COC(=O)c1cccc(-c2nnnn2CF)c1. The Kier molecular flexibility index (Phi) is 3.08. The third-order valence-corrected chi connectivity index (χ3v) is 2.19. The van der Waals surface area contributed by atoms with Crippen LogP contribution in [0.1, 0.15) is 10.4 Å². The second-order valence-electron chi connectivity index (χ2n) is 3.19. The Morgan fingerprint density at radius 1 is 1.53 bits per heavy atom. The quantitative estimate of drug-likeness (QED) is 0.745. The lowest BCUT2D eigenvalue weighted by molar-refractivity contribution is 0.0601. The maximum atomic E-state index is 12.6. The van der Waals surface area contributed by atoms with Gasteiger partial charge in [-0.2, -0.15) is 4.68 Å². The molecule has 1 aromatic heterocycles. The molecule has 0 spiro atoms. The van der Waals surface area contributed by atoms with Crippen LogP contribution in [0, 0.1) is 0 Å². The highest BCUT2D eigenvalue weighted by atomic mass is 19.1. The first kappa shape index (κ1) is 11.2. The van der Waals surface area contributed by atoms with Gasteiger partial charge in [0.15, 0.2) is 12.6 Å². The predicted octanol–water partition coefficient (Wildman–Crippen LogP) is 1.05. The fourth-order valence-electron chi connectivity index (χ4n) is 1.40. The second kappa shape index (κ2) is 4.69. The van der Waals surface area contributed by atoms with Crippen molar-refractivity contribution >= 4 is 5.97 Å². The lowest BCUT2D eigenvalue weighted by Gasteiger charge is -2.02. The van der Waals surface area contributed by atoms with Crippen molar-refractivity contribution in [3.05, 3.63) is 29.8 Å². The first-order chi connectivity index (χ1) is 8.26. The van der Waals surface area contributed by atoms with E-state index in [-0.39, 0.29) is 5.82 Å². The van der Waals surface area contributed by atoms with Crippen LogP contribution in [0.25, 0.3) is 11.4 Å². The number of carbonyl (C=O) groups is 1. The van der Waals surface area contributed by atoms with Gasteiger partial charge < -0.3 is 4.74 Å². The Morgan fingerprint density at radius 2 is 2.35 bits per heavy atom. The van der Waals surface area contributed by atoms with Crippen LogP contribution in [-0.4, -0.2) is 33.3 Å². The molecule has 7 heteroatoms. The molecule has 0 bridgehead atoms. The molecule has 17 heavy (non-hydrogen) atoms. The van der Waals surface area contributed by atoms with E-state index >= 15 is 0 Å². The normalized spacial score (nSPS) is 10.2. The first-order valence-corrected chi connectivity index (χ1v) is 4.77. The van der Waals surface area contributed by atoms with Crippen LogP contribution >= 0.6 is 0 Å². The van der Waals surface area contributed by atoms with Crippen molar-refractivity contribution in [3.63, 3.8) is 0 Å². The van der Waals surface area contributed by atoms with Crippen molar-refractivity contribution in [1.29, 1.82) is 0 Å². The molecule has 88 valence electrons. The molecule has 0 saturated carbocycles. The summed E-state index contributed by atoms with van der Waals surface area (Å²) in [5.74, 6) is -0.204. The number of esters is 1. The number of alkyl halides is 1. The fraction of sp³-hybridized carbons (Fsp3) is 0.200. The average Bonchev–Trinajstić information content (AvgIpc) is 2.86. The van der Waals surface area contributed by atoms with E-state index in [4.69, 9.17) is 0 Å². The van der Waals surface area contributed by atoms with Crippen LogP contribution in [-0.2, 0) is 11.5 Å². The Balaban J connectivity index is 2.43. The summed E-state index contributed by atoms with van der Waals surface area (Å²) in [5, 5.41) is 10.5. The molecule has 0 aliphatic carbocycles. The summed E-state index contributed by atoms with van der Waals surface area (Å²) < 4.78 is 18.1. The molecular formula is C10H9FN4O2. The molecule has 1 aromatic carbocycles. The van der Waals surface area contributed by atoms with E-state index in [9.17, 15) is 9.18 Å². The van der Waals surface area contributed by atoms with Crippen molar-refractivity contribution in [1.82, 2.24) is 20.2 Å². The number of rotatable bonds is 3. The minimum atomic E-state index is -0.829. The number of tetrazole rings is 1. The summed E-state index contributed by atoms with van der Waals surface area (Å²) in [6, 6.07) is 6.48. The molecule has 0 radical (unpaired) electrons. The van der Waals surface area contributed by atoms with E-state index in [0.717, 1.165) is 4.68 Å². The van der Waals surface area contributed by atoms with Gasteiger partial charge in [0, 0.05) is 5.56 Å². The minimum Gasteiger partial charge on any atom is -0.465 e. The number of aromatic nitrogens is 4. The number of hydrogen-bond donors (Lipinski definition) is 0. The van der Waals surface area contributed by atoms with Crippen LogP contribution in [0.2, 0.25) is 0 Å². The molecule has 0 N–H and O–H groups in total. The molecule has 0 fully saturated rings. The van der Waals surface area contributed by atoms with Crippen LogP contribution in [0.4, 0.5) is 4.39 Å². The molecule has 2 aromatic rings. The molecule has 0 aliphatic heterocycles. The highest BCUT2D eigenvalue weighted by molar-refractivity contribution is 5.90. The fourth-order valence-corrected chi connectivity index (χ4v) is 1.40. The van der Waals surface area contributed by atoms with E-state index in [1.54, 1.807) is 24.3 Å². The van der Waals surface area contributed by atoms with Crippen LogP contribution in [0.3, 0.4) is 0 Å². The zero-order valence-electron chi connectivity index (χ0n) is 9.00. The van der Waals surface area contributed by atoms with Gasteiger partial charge in [-0.15, -0.1) is 5.10 Å². The van der Waals surface area contributed by atoms with Crippen molar-refractivity contribution < 1.29 is 13.9 Å². The largest absolute Gasteiger partial charge is 0.465 e. The summed E-state index contributed by atoms with van der Waals surface area (Å²) in [4.78, 5) is 11.3. The van der Waals surface area contributed by atoms with Gasteiger partial charge in [-0.25, -0.2) is 9.18 Å². The van der Waals surface area contributed by atoms with Gasteiger partial charge >= 0.3 is 5.97 Å². The molecule has 0 atom stereocenters. The van der Waals surface area contributed by atoms with Gasteiger partial charge in [0.1, 0.15) is 0 Å². The van der Waals surface area contributed by atoms with Gasteiger partial charge in [0.25, 0.3) is 0 Å². The monoisotopic (exact) mass is 236 g/mol. The number of methoxy groups -OCH3 is 1. The summed E-state index contributed by atoms with van der Waals surface area (Å²) in [6.07, 6.45) is 0. The molecule has 0 saturated heterocycles. The van der Waals surface area contributed by atoms with E-state index in [1.807, 2.05) is 0 Å². The first-order valence-electron chi connectivity index (χ1n) is 4.77. The molecule has 1 heterocycles. The molecule has 6 nitrogen and oxygen atoms in total. The standard InChI is InChI=1S/C10H9FN4O2/c1-17-10(16)8-4-2-3-7(5-8)9-12-13-14-15(9)6-11/h2-5H,6H2,1H3. The molecule has 0 unspecified atom stereocenters. The molecule has 2 rings (SSSR count). The Bertz CT molecular complexity index is 541. The minimum absolute atomic E-state index is 0.262. The number of hydrogen-bond acceptors (Lipinski definition) is 5. The number of ether oxygens (including phenoxy) is 1. The summed E-state index contributed by atoms with van der Waals surface area (Å²) in [7, 11) is 1.29. The number of nitrogens with zero attached hydrogens (tertiary/aromatic N) is 4. The van der Waals surface area contributed by atoms with Gasteiger partial charge in [0.2, 0.25) is 0 Å². The second-order valence-corrected chi connectivity index (χ2v) is 3.19. The van der Waals surface area contributed by atoms with Gasteiger partial charge in [0.05, 0.1) is 12.7 Å². The Hall–Kier alpha value is -2.31. The average molecular weight is 236 g/mol. The van der Waals surface area contributed by atoms with Gasteiger partial charge in [-0.05, 0) is 22.6 Å². The topological polar surface area (TPSA) is 69.9 Å². The summed E-state index contributed by atoms with van der Waals surface area (Å²) >= 11 is 0. The third-order valence-electron chi connectivity index (χ3n) is 2.19. The highest BCUT2D eigenvalue weighted by Gasteiger charge is 2.11. The van der Waals surface area contributed by atoms with E-state index in [1.165, 1.54) is 7.11 Å². The van der Waals surface area contributed by atoms with Crippen LogP contribution in [0.5, 0.6) is 0 Å². The summed E-state index contributed by atoms with van der Waals surface area (Å²) in [6.45, 7) is -0.829. The third kappa shape index (κ3) is 2.12. The van der Waals surface area contributed by atoms with Gasteiger partial charge in [-0.3, -0.25) is 0 Å². The van der Waals surface area contributed by atoms with Crippen molar-refractivity contribution in [2.75, 3.05) is 7.11 Å². The predicted molar refractivity (Wildman–Crippen MR) is 55.7 cm³/mol. The van der Waals surface area contributed by atoms with Crippen molar-refractivity contribution in [3.8, 4) is 11.4 Å². The zero-order valence-corrected chi connectivity index (χ0v) is 9.00. The number of halogens is 1. The number of carbonyl (C=O) groups excluding carboxylic acids is 1. The molecular weight excluding hydrogens is 227 g/mol. The Morgan fingerprint density at radius 3 is 3.06 bits per heavy atom. The molecule has 0 amide bonds. The van der Waals surface area contributed by atoms with Crippen LogP contribution in [0.15, 0.2) is 24.3 Å². The van der Waals surface area contributed by atoms with Crippen molar-refractivity contribution in [2.45, 2.75) is 6.80 Å². The maximum Gasteiger partial charge on any atom is 0.337 e. The van der Waals surface area contributed by atoms with Crippen LogP contribution < -0.4 is 0 Å². The summed E-state index contributed by atoms with van der Waals surface area (Å²) in [5.41, 5.74) is 0.911. The lowest BCUT2D eigenvalue weighted by atomic mass is 10.1. The molecule has 0 aliphatic rings. The van der Waals surface area contributed by atoms with Crippen molar-refractivity contribution in [2.24, 2.45) is 0 Å². The van der Waals surface area contributed by atoms with E-state index in [2.05, 4.69) is 20.3 Å². The lowest BCUT2D eigenvalue weighted by Crippen LogP contribution is -2.03. The van der Waals surface area contributed by atoms with Gasteiger partial charge in [-0.1, -0.05) is 12.1 Å². The van der Waals surface area contributed by atoms with E-state index in [0.29, 0.717) is 11.1 Å². The maximum absolute atomic E-state index is 12.6. The zero-order chi connectivity index (χ0) is 12.3. The smallest absolute Gasteiger partial charge is 0.337 e. The van der Waals surface area contributed by atoms with E-state index < -0.39 is 12.8 Å². The highest BCUT2D eigenvalue weighted by Crippen LogP contribution is 2.17.